The molecule has 1 aliphatic heterocycles. The van der Waals surface area contributed by atoms with E-state index in [9.17, 15) is 5.11 Å². The molecule has 1 fully saturated rings. The Hall–Kier alpha value is -1.58. The highest BCUT2D eigenvalue weighted by molar-refractivity contribution is 5.83. The lowest BCUT2D eigenvalue weighted by molar-refractivity contribution is -0.141. The minimum absolute atomic E-state index is 0.241. The first-order chi connectivity index (χ1) is 8.81. The number of ether oxygens (including phenoxy) is 2. The zero-order valence-electron chi connectivity index (χ0n) is 10.1. The van der Waals surface area contributed by atoms with Crippen molar-refractivity contribution in [2.75, 3.05) is 6.61 Å². The van der Waals surface area contributed by atoms with Crippen molar-refractivity contribution in [3.63, 3.8) is 0 Å². The van der Waals surface area contributed by atoms with Gasteiger partial charge in [-0.2, -0.15) is 0 Å². The fraction of sp³-hybridized carbons (Fsp3) is 0.333. The topological polar surface area (TPSA) is 38.7 Å². The van der Waals surface area contributed by atoms with E-state index < -0.39 is 0 Å². The molecule has 0 aliphatic carbocycles. The van der Waals surface area contributed by atoms with Crippen LogP contribution in [-0.4, -0.2) is 24.1 Å². The van der Waals surface area contributed by atoms with E-state index in [1.807, 2.05) is 30.3 Å². The van der Waals surface area contributed by atoms with Gasteiger partial charge >= 0.3 is 0 Å². The van der Waals surface area contributed by atoms with Crippen LogP contribution in [0.2, 0.25) is 0 Å². The second kappa shape index (κ2) is 4.96. The molecule has 2 atom stereocenters. The second-order valence-electron chi connectivity index (χ2n) is 4.62. The number of fused-ring (bicyclic) bond motifs is 1. The summed E-state index contributed by atoms with van der Waals surface area (Å²) in [6.45, 7) is 0.359. The van der Waals surface area contributed by atoms with Crippen LogP contribution >= 0.6 is 0 Å². The van der Waals surface area contributed by atoms with Crippen molar-refractivity contribution in [1.82, 2.24) is 0 Å². The largest absolute Gasteiger partial charge is 0.465 e. The second-order valence-corrected chi connectivity index (χ2v) is 4.62. The van der Waals surface area contributed by atoms with Crippen molar-refractivity contribution >= 4 is 10.8 Å². The van der Waals surface area contributed by atoms with Crippen molar-refractivity contribution in [3.8, 4) is 5.75 Å². The van der Waals surface area contributed by atoms with E-state index >= 15 is 0 Å². The molecular formula is C15H16O3. The molecule has 0 saturated carbocycles. The third kappa shape index (κ3) is 2.47. The third-order valence-electron chi connectivity index (χ3n) is 3.20. The number of aliphatic hydroxyl groups is 1. The van der Waals surface area contributed by atoms with Crippen LogP contribution < -0.4 is 4.74 Å². The molecule has 2 aromatic carbocycles. The lowest BCUT2D eigenvalue weighted by Crippen LogP contribution is -2.32. The van der Waals surface area contributed by atoms with E-state index in [0.717, 1.165) is 24.0 Å². The Morgan fingerprint density at radius 3 is 2.67 bits per heavy atom. The number of benzene rings is 2. The van der Waals surface area contributed by atoms with Crippen LogP contribution in [0.3, 0.4) is 0 Å². The van der Waals surface area contributed by atoms with E-state index in [1.54, 1.807) is 0 Å². The Morgan fingerprint density at radius 2 is 1.89 bits per heavy atom. The van der Waals surface area contributed by atoms with Crippen LogP contribution in [0.15, 0.2) is 42.5 Å². The normalized spacial score (nSPS) is 24.1. The summed E-state index contributed by atoms with van der Waals surface area (Å²) in [6.07, 6.45) is 0.878. The minimum atomic E-state index is -0.346. The fourth-order valence-electron chi connectivity index (χ4n) is 2.20. The predicted molar refractivity (Wildman–Crippen MR) is 69.6 cm³/mol. The van der Waals surface area contributed by atoms with E-state index in [4.69, 9.17) is 9.47 Å². The highest BCUT2D eigenvalue weighted by Crippen LogP contribution is 2.23. The molecular weight excluding hydrogens is 228 g/mol. The summed E-state index contributed by atoms with van der Waals surface area (Å²) in [5.41, 5.74) is 0. The SMILES string of the molecule is O[C@H]1CC[C@H](Oc2ccc3ccccc3c2)OC1. The number of rotatable bonds is 2. The van der Waals surface area contributed by atoms with Crippen molar-refractivity contribution in [1.29, 1.82) is 0 Å². The quantitative estimate of drug-likeness (QED) is 0.882. The van der Waals surface area contributed by atoms with Crippen molar-refractivity contribution < 1.29 is 14.6 Å². The Balaban J connectivity index is 1.74. The Morgan fingerprint density at radius 1 is 1.06 bits per heavy atom. The lowest BCUT2D eigenvalue weighted by atomic mass is 10.1. The zero-order chi connectivity index (χ0) is 12.4. The maximum absolute atomic E-state index is 9.35. The molecule has 0 amide bonds. The van der Waals surface area contributed by atoms with Gasteiger partial charge in [0.1, 0.15) is 5.75 Å². The summed E-state index contributed by atoms with van der Waals surface area (Å²) in [6, 6.07) is 14.2. The molecule has 94 valence electrons. The molecule has 0 spiro atoms. The highest BCUT2D eigenvalue weighted by Gasteiger charge is 2.21. The molecule has 3 heteroatoms. The standard InChI is InChI=1S/C15H16O3/c16-13-6-8-15(17-10-13)18-14-7-5-11-3-1-2-4-12(11)9-14/h1-5,7,9,13,15-16H,6,8,10H2/t13-,15-/m0/s1. The monoisotopic (exact) mass is 244 g/mol. The molecule has 0 radical (unpaired) electrons. The van der Waals surface area contributed by atoms with Crippen LogP contribution in [0.5, 0.6) is 5.75 Å². The fourth-order valence-corrected chi connectivity index (χ4v) is 2.20. The third-order valence-corrected chi connectivity index (χ3v) is 3.20. The van der Waals surface area contributed by atoms with E-state index in [1.165, 1.54) is 5.39 Å². The first-order valence-electron chi connectivity index (χ1n) is 6.26. The first-order valence-corrected chi connectivity index (χ1v) is 6.26. The summed E-state index contributed by atoms with van der Waals surface area (Å²) in [7, 11) is 0. The molecule has 0 unspecified atom stereocenters. The van der Waals surface area contributed by atoms with Gasteiger partial charge in [0.05, 0.1) is 12.7 Å². The molecule has 1 heterocycles. The van der Waals surface area contributed by atoms with Gasteiger partial charge < -0.3 is 14.6 Å². The molecule has 2 aromatic rings. The van der Waals surface area contributed by atoms with Crippen LogP contribution in [0.4, 0.5) is 0 Å². The molecule has 18 heavy (non-hydrogen) atoms. The van der Waals surface area contributed by atoms with Crippen molar-refractivity contribution in [2.45, 2.75) is 25.2 Å². The molecule has 1 saturated heterocycles. The summed E-state index contributed by atoms with van der Waals surface area (Å²) in [4.78, 5) is 0. The van der Waals surface area contributed by atoms with E-state index in [-0.39, 0.29) is 12.4 Å². The molecule has 3 nitrogen and oxygen atoms in total. The van der Waals surface area contributed by atoms with Crippen LogP contribution in [0, 0.1) is 0 Å². The Bertz CT molecular complexity index is 530. The smallest absolute Gasteiger partial charge is 0.200 e. The molecule has 1 N–H and O–H groups in total. The summed E-state index contributed by atoms with van der Waals surface area (Å²) in [5.74, 6) is 0.815. The maximum atomic E-state index is 9.35. The predicted octanol–water partition coefficient (Wildman–Crippen LogP) is 2.72. The van der Waals surface area contributed by atoms with Gasteiger partial charge in [0, 0.05) is 6.42 Å². The molecule has 0 aromatic heterocycles. The zero-order valence-corrected chi connectivity index (χ0v) is 10.1. The van der Waals surface area contributed by atoms with Crippen LogP contribution in [0.25, 0.3) is 10.8 Å². The van der Waals surface area contributed by atoms with Gasteiger partial charge in [0.25, 0.3) is 0 Å². The van der Waals surface area contributed by atoms with Gasteiger partial charge in [-0.25, -0.2) is 0 Å². The minimum Gasteiger partial charge on any atom is -0.465 e. The lowest BCUT2D eigenvalue weighted by Gasteiger charge is -2.26. The molecule has 0 bridgehead atoms. The van der Waals surface area contributed by atoms with Gasteiger partial charge in [0.2, 0.25) is 0 Å². The maximum Gasteiger partial charge on any atom is 0.200 e. The van der Waals surface area contributed by atoms with Gasteiger partial charge in [0.15, 0.2) is 6.29 Å². The number of hydrogen-bond donors (Lipinski definition) is 1. The summed E-state index contributed by atoms with van der Waals surface area (Å²) < 4.78 is 11.2. The van der Waals surface area contributed by atoms with Gasteiger partial charge in [-0.3, -0.25) is 0 Å². The highest BCUT2D eigenvalue weighted by atomic mass is 16.7. The van der Waals surface area contributed by atoms with Crippen molar-refractivity contribution in [2.24, 2.45) is 0 Å². The van der Waals surface area contributed by atoms with Gasteiger partial charge in [-0.15, -0.1) is 0 Å². The molecule has 1 aliphatic rings. The average Bonchev–Trinajstić information content (AvgIpc) is 2.41. The first kappa shape index (κ1) is 11.5. The Kier molecular flexibility index (Phi) is 3.17. The van der Waals surface area contributed by atoms with Crippen LogP contribution in [0.1, 0.15) is 12.8 Å². The van der Waals surface area contributed by atoms with Gasteiger partial charge in [-0.05, 0) is 29.3 Å². The van der Waals surface area contributed by atoms with Crippen LogP contribution in [-0.2, 0) is 4.74 Å². The summed E-state index contributed by atoms with van der Waals surface area (Å²) >= 11 is 0. The Labute approximate surface area is 106 Å². The number of aliphatic hydroxyl groups excluding tert-OH is 1. The van der Waals surface area contributed by atoms with Crippen molar-refractivity contribution in [3.05, 3.63) is 42.5 Å². The van der Waals surface area contributed by atoms with E-state index in [2.05, 4.69) is 12.1 Å². The molecule has 3 rings (SSSR count). The van der Waals surface area contributed by atoms with Gasteiger partial charge in [-0.1, -0.05) is 30.3 Å². The van der Waals surface area contributed by atoms with E-state index in [0.29, 0.717) is 6.61 Å². The summed E-state index contributed by atoms with van der Waals surface area (Å²) in [5, 5.41) is 11.7. The number of hydrogen-bond acceptors (Lipinski definition) is 3. The average molecular weight is 244 g/mol.